The summed E-state index contributed by atoms with van der Waals surface area (Å²) in [5.41, 5.74) is -5.23. The number of unbranched alkanes of at least 4 members (excludes halogenated alkanes) is 1. The summed E-state index contributed by atoms with van der Waals surface area (Å²) in [7, 11) is -5.21. The normalized spacial score (nSPS) is 17.5. The lowest BCUT2D eigenvalue weighted by molar-refractivity contribution is -0.0496. The van der Waals surface area contributed by atoms with Gasteiger partial charge in [0.2, 0.25) is 0 Å². The number of nitrogens with zero attached hydrogens (tertiary/aromatic N) is 2. The smallest absolute Gasteiger partial charge is 0.357 e. The largest absolute Gasteiger partial charge is 0.511 e. The average Bonchev–Trinajstić information content (AvgIpc) is 2.58. The van der Waals surface area contributed by atoms with Crippen LogP contribution in [0.5, 0.6) is 0 Å². The van der Waals surface area contributed by atoms with Gasteiger partial charge < -0.3 is 10.6 Å². The van der Waals surface area contributed by atoms with Crippen molar-refractivity contribution in [2.24, 2.45) is 16.8 Å². The van der Waals surface area contributed by atoms with Gasteiger partial charge in [-0.15, -0.1) is 24.0 Å². The van der Waals surface area contributed by atoms with Crippen LogP contribution in [0.1, 0.15) is 52.9 Å². The summed E-state index contributed by atoms with van der Waals surface area (Å²) < 4.78 is 61.2. The zero-order valence-corrected chi connectivity index (χ0v) is 20.0. The average molecular weight is 542 g/mol. The van der Waals surface area contributed by atoms with Gasteiger partial charge in [-0.2, -0.15) is 17.5 Å². The first-order valence-electron chi connectivity index (χ1n) is 9.66. The van der Waals surface area contributed by atoms with Crippen molar-refractivity contribution >= 4 is 40.0 Å². The van der Waals surface area contributed by atoms with Crippen molar-refractivity contribution in [1.82, 2.24) is 14.9 Å². The highest BCUT2D eigenvalue weighted by Gasteiger charge is 2.50. The Morgan fingerprint density at radius 2 is 1.79 bits per heavy atom. The standard InChI is InChI=1S/C17H33F3N4O2S.HI/c1-4-21-16(22-10-6-5-7-14(2)3)23-13-15-8-11-24(12-9-15)27(25,26)17(18,19)20;/h14-15H,4-13H2,1-3H3,(H2,21,22,23);1H. The molecule has 6 nitrogen and oxygen atoms in total. The molecule has 28 heavy (non-hydrogen) atoms. The van der Waals surface area contributed by atoms with Gasteiger partial charge in [0.05, 0.1) is 0 Å². The highest BCUT2D eigenvalue weighted by atomic mass is 127. The van der Waals surface area contributed by atoms with Gasteiger partial charge in [0.1, 0.15) is 0 Å². The molecule has 1 heterocycles. The summed E-state index contributed by atoms with van der Waals surface area (Å²) >= 11 is 0. The van der Waals surface area contributed by atoms with Gasteiger partial charge in [0.25, 0.3) is 0 Å². The summed E-state index contributed by atoms with van der Waals surface area (Å²) in [6.45, 7) is 8.16. The van der Waals surface area contributed by atoms with Crippen LogP contribution in [0.25, 0.3) is 0 Å². The molecular formula is C17H34F3IN4O2S. The molecule has 168 valence electrons. The maximum Gasteiger partial charge on any atom is 0.511 e. The molecule has 0 aromatic carbocycles. The molecule has 1 rings (SSSR count). The number of alkyl halides is 3. The third-order valence-electron chi connectivity index (χ3n) is 4.56. The molecule has 0 aromatic heterocycles. The van der Waals surface area contributed by atoms with Crippen LogP contribution in [0.3, 0.4) is 0 Å². The van der Waals surface area contributed by atoms with E-state index in [1.54, 1.807) is 0 Å². The molecule has 1 aliphatic rings. The number of rotatable bonds is 9. The van der Waals surface area contributed by atoms with Gasteiger partial charge in [0, 0.05) is 32.7 Å². The van der Waals surface area contributed by atoms with Crippen LogP contribution in [0.15, 0.2) is 4.99 Å². The van der Waals surface area contributed by atoms with E-state index >= 15 is 0 Å². The van der Waals surface area contributed by atoms with Gasteiger partial charge >= 0.3 is 15.5 Å². The Balaban J connectivity index is 0.00000729. The van der Waals surface area contributed by atoms with Gasteiger partial charge in [-0.25, -0.2) is 8.42 Å². The van der Waals surface area contributed by atoms with Crippen LogP contribution < -0.4 is 10.6 Å². The van der Waals surface area contributed by atoms with Crippen molar-refractivity contribution in [2.45, 2.75) is 58.4 Å². The molecule has 1 aliphatic heterocycles. The van der Waals surface area contributed by atoms with Crippen molar-refractivity contribution in [2.75, 3.05) is 32.7 Å². The van der Waals surface area contributed by atoms with E-state index < -0.39 is 15.5 Å². The summed E-state index contributed by atoms with van der Waals surface area (Å²) in [5.74, 6) is 1.48. The number of nitrogens with one attached hydrogen (secondary N) is 2. The van der Waals surface area contributed by atoms with Gasteiger partial charge in [0.15, 0.2) is 5.96 Å². The maximum atomic E-state index is 12.6. The molecule has 0 atom stereocenters. The van der Waals surface area contributed by atoms with E-state index in [0.29, 0.717) is 35.6 Å². The monoisotopic (exact) mass is 542 g/mol. The van der Waals surface area contributed by atoms with E-state index in [9.17, 15) is 21.6 Å². The van der Waals surface area contributed by atoms with E-state index in [1.807, 2.05) is 6.92 Å². The van der Waals surface area contributed by atoms with Gasteiger partial charge in [-0.1, -0.05) is 26.7 Å². The number of halogens is 4. The number of hydrogen-bond donors (Lipinski definition) is 2. The summed E-state index contributed by atoms with van der Waals surface area (Å²) in [6.07, 6.45) is 4.15. The predicted molar refractivity (Wildman–Crippen MR) is 117 cm³/mol. The first-order valence-corrected chi connectivity index (χ1v) is 11.1. The summed E-state index contributed by atoms with van der Waals surface area (Å²) in [4.78, 5) is 4.51. The minimum absolute atomic E-state index is 0. The van der Waals surface area contributed by atoms with Crippen molar-refractivity contribution in [3.63, 3.8) is 0 Å². The summed E-state index contributed by atoms with van der Waals surface area (Å²) in [6, 6.07) is 0. The number of guanidine groups is 1. The highest BCUT2D eigenvalue weighted by Crippen LogP contribution is 2.30. The Morgan fingerprint density at radius 1 is 1.18 bits per heavy atom. The molecule has 0 spiro atoms. The molecule has 0 radical (unpaired) electrons. The second-order valence-corrected chi connectivity index (χ2v) is 9.26. The zero-order valence-electron chi connectivity index (χ0n) is 16.9. The quantitative estimate of drug-likeness (QED) is 0.202. The number of piperidine rings is 1. The lowest BCUT2D eigenvalue weighted by Gasteiger charge is -2.30. The van der Waals surface area contributed by atoms with Crippen molar-refractivity contribution in [3.05, 3.63) is 0 Å². The fourth-order valence-electron chi connectivity index (χ4n) is 2.93. The van der Waals surface area contributed by atoms with Crippen LogP contribution in [-0.2, 0) is 10.0 Å². The van der Waals surface area contributed by atoms with Crippen LogP contribution >= 0.6 is 24.0 Å². The molecule has 0 bridgehead atoms. The fourth-order valence-corrected chi connectivity index (χ4v) is 3.91. The number of aliphatic imine (C=N–C) groups is 1. The van der Waals surface area contributed by atoms with E-state index in [4.69, 9.17) is 0 Å². The minimum atomic E-state index is -5.23. The van der Waals surface area contributed by atoms with Crippen LogP contribution in [-0.4, -0.2) is 56.9 Å². The molecule has 0 aromatic rings. The Kier molecular flexibility index (Phi) is 13.0. The highest BCUT2D eigenvalue weighted by molar-refractivity contribution is 14.0. The third-order valence-corrected chi connectivity index (χ3v) is 6.19. The predicted octanol–water partition coefficient (Wildman–Crippen LogP) is 3.55. The van der Waals surface area contributed by atoms with Crippen LogP contribution in [0, 0.1) is 11.8 Å². The minimum Gasteiger partial charge on any atom is -0.357 e. The van der Waals surface area contributed by atoms with Crippen molar-refractivity contribution in [1.29, 1.82) is 0 Å². The lowest BCUT2D eigenvalue weighted by atomic mass is 9.98. The molecular weight excluding hydrogens is 508 g/mol. The number of sulfonamides is 1. The fraction of sp³-hybridized carbons (Fsp3) is 0.941. The molecule has 1 saturated heterocycles. The molecule has 0 saturated carbocycles. The van der Waals surface area contributed by atoms with Gasteiger partial charge in [-0.3, -0.25) is 4.99 Å². The van der Waals surface area contributed by atoms with Crippen LogP contribution in [0.2, 0.25) is 0 Å². The second-order valence-electron chi connectivity index (χ2n) is 7.33. The van der Waals surface area contributed by atoms with Gasteiger partial charge in [-0.05, 0) is 38.0 Å². The van der Waals surface area contributed by atoms with E-state index in [0.717, 1.165) is 25.9 Å². The lowest BCUT2D eigenvalue weighted by Crippen LogP contribution is -2.45. The molecule has 0 unspecified atom stereocenters. The topological polar surface area (TPSA) is 73.8 Å². The van der Waals surface area contributed by atoms with E-state index in [2.05, 4.69) is 29.5 Å². The Labute approximate surface area is 184 Å². The van der Waals surface area contributed by atoms with E-state index in [-0.39, 0.29) is 43.0 Å². The summed E-state index contributed by atoms with van der Waals surface area (Å²) in [5, 5.41) is 6.43. The first-order chi connectivity index (χ1) is 12.6. The molecule has 0 amide bonds. The first kappa shape index (κ1) is 27.7. The van der Waals surface area contributed by atoms with Crippen molar-refractivity contribution in [3.8, 4) is 0 Å². The van der Waals surface area contributed by atoms with E-state index in [1.165, 1.54) is 6.42 Å². The molecule has 2 N–H and O–H groups in total. The van der Waals surface area contributed by atoms with Crippen LogP contribution in [0.4, 0.5) is 13.2 Å². The number of hydrogen-bond acceptors (Lipinski definition) is 3. The second kappa shape index (κ2) is 13.1. The molecule has 0 aliphatic carbocycles. The Bertz CT molecular complexity index is 563. The Morgan fingerprint density at radius 3 is 2.29 bits per heavy atom. The third kappa shape index (κ3) is 9.47. The zero-order chi connectivity index (χ0) is 20.5. The SMILES string of the molecule is CCNC(=NCC1CCN(S(=O)(=O)C(F)(F)F)CC1)NCCCCC(C)C.I. The Hall–Kier alpha value is -0.300. The molecule has 11 heteroatoms. The molecule has 1 fully saturated rings. The van der Waals surface area contributed by atoms with Crippen molar-refractivity contribution < 1.29 is 21.6 Å². The maximum absolute atomic E-state index is 12.6.